The summed E-state index contributed by atoms with van der Waals surface area (Å²) in [6.07, 6.45) is 9.62. The SMILES string of the molecule is CC(=O)N[C@@H]1CC2(CCN(C[C@H]3C[C@H]4CC[C@H]3C4)CC2)c2ccccc21. The number of fused-ring (bicyclic) bond motifs is 4. The first-order valence-corrected chi connectivity index (χ1v) is 10.7. The average Bonchev–Trinajstić information content (AvgIpc) is 3.32. The van der Waals surface area contributed by atoms with Crippen molar-refractivity contribution in [1.29, 1.82) is 0 Å². The molecule has 140 valence electrons. The number of likely N-dealkylation sites (tertiary alicyclic amines) is 1. The van der Waals surface area contributed by atoms with Crippen LogP contribution in [0.2, 0.25) is 0 Å². The Morgan fingerprint density at radius 1 is 1.19 bits per heavy atom. The number of piperidine rings is 1. The van der Waals surface area contributed by atoms with E-state index in [4.69, 9.17) is 0 Å². The second kappa shape index (κ2) is 6.37. The molecule has 1 heterocycles. The van der Waals surface area contributed by atoms with Crippen molar-refractivity contribution in [1.82, 2.24) is 10.2 Å². The van der Waals surface area contributed by atoms with Gasteiger partial charge in [0.1, 0.15) is 0 Å². The first-order valence-electron chi connectivity index (χ1n) is 10.7. The molecule has 0 aromatic heterocycles. The van der Waals surface area contributed by atoms with Crippen LogP contribution in [-0.4, -0.2) is 30.4 Å². The summed E-state index contributed by atoms with van der Waals surface area (Å²) in [5.74, 6) is 3.16. The normalized spacial score (nSPS) is 35.0. The van der Waals surface area contributed by atoms with Crippen LogP contribution in [0.5, 0.6) is 0 Å². The summed E-state index contributed by atoms with van der Waals surface area (Å²) in [5.41, 5.74) is 3.16. The number of carbonyl (C=O) groups is 1. The number of nitrogens with zero attached hydrogens (tertiary/aromatic N) is 1. The predicted molar refractivity (Wildman–Crippen MR) is 104 cm³/mol. The number of carbonyl (C=O) groups excluding carboxylic acids is 1. The van der Waals surface area contributed by atoms with Gasteiger partial charge in [-0.25, -0.2) is 0 Å². The molecule has 3 fully saturated rings. The van der Waals surface area contributed by atoms with Crippen molar-refractivity contribution in [3.63, 3.8) is 0 Å². The maximum absolute atomic E-state index is 11.7. The average molecular weight is 353 g/mol. The van der Waals surface area contributed by atoms with Crippen LogP contribution < -0.4 is 5.32 Å². The van der Waals surface area contributed by atoms with Gasteiger partial charge in [-0.15, -0.1) is 0 Å². The van der Waals surface area contributed by atoms with Crippen LogP contribution in [0.4, 0.5) is 0 Å². The Hall–Kier alpha value is -1.35. The molecule has 0 radical (unpaired) electrons. The summed E-state index contributed by atoms with van der Waals surface area (Å²) < 4.78 is 0. The van der Waals surface area contributed by atoms with Crippen LogP contribution in [-0.2, 0) is 10.2 Å². The third kappa shape index (κ3) is 2.79. The van der Waals surface area contributed by atoms with Gasteiger partial charge in [-0.2, -0.15) is 0 Å². The minimum atomic E-state index is 0.0931. The lowest BCUT2D eigenvalue weighted by Crippen LogP contribution is -2.44. The maximum Gasteiger partial charge on any atom is 0.217 e. The van der Waals surface area contributed by atoms with E-state index < -0.39 is 0 Å². The fourth-order valence-corrected chi connectivity index (χ4v) is 6.84. The van der Waals surface area contributed by atoms with Crippen molar-refractivity contribution >= 4 is 5.91 Å². The fourth-order valence-electron chi connectivity index (χ4n) is 6.84. The molecule has 3 nitrogen and oxygen atoms in total. The Kier molecular flexibility index (Phi) is 4.11. The molecule has 1 saturated heterocycles. The molecule has 2 bridgehead atoms. The number of rotatable bonds is 3. The van der Waals surface area contributed by atoms with E-state index in [0.29, 0.717) is 0 Å². The largest absolute Gasteiger partial charge is 0.349 e. The first-order chi connectivity index (χ1) is 12.6. The van der Waals surface area contributed by atoms with Gasteiger partial charge >= 0.3 is 0 Å². The zero-order valence-electron chi connectivity index (χ0n) is 16.0. The van der Waals surface area contributed by atoms with Gasteiger partial charge in [0.2, 0.25) is 5.91 Å². The molecule has 1 N–H and O–H groups in total. The van der Waals surface area contributed by atoms with Crippen LogP contribution in [0.1, 0.15) is 69.0 Å². The highest BCUT2D eigenvalue weighted by Gasteiger charge is 2.46. The summed E-state index contributed by atoms with van der Waals surface area (Å²) in [5, 5.41) is 3.21. The van der Waals surface area contributed by atoms with Gasteiger partial charge in [-0.3, -0.25) is 4.79 Å². The van der Waals surface area contributed by atoms with Gasteiger partial charge in [0, 0.05) is 18.9 Å². The number of nitrogens with one attached hydrogen (secondary N) is 1. The quantitative estimate of drug-likeness (QED) is 0.890. The van der Waals surface area contributed by atoms with Gasteiger partial charge in [-0.1, -0.05) is 30.7 Å². The Morgan fingerprint density at radius 3 is 2.69 bits per heavy atom. The smallest absolute Gasteiger partial charge is 0.217 e. The van der Waals surface area contributed by atoms with Crippen molar-refractivity contribution < 1.29 is 4.79 Å². The molecule has 1 spiro atoms. The van der Waals surface area contributed by atoms with E-state index in [1.165, 1.54) is 69.3 Å². The van der Waals surface area contributed by atoms with Crippen LogP contribution in [0, 0.1) is 17.8 Å². The van der Waals surface area contributed by atoms with E-state index >= 15 is 0 Å². The Balaban J connectivity index is 1.27. The lowest BCUT2D eigenvalue weighted by molar-refractivity contribution is -0.119. The molecule has 1 aromatic carbocycles. The van der Waals surface area contributed by atoms with Crippen LogP contribution in [0.15, 0.2) is 24.3 Å². The molecule has 5 rings (SSSR count). The standard InChI is InChI=1S/C23H32N2O/c1-16(26)24-22-14-23(21-5-3-2-4-20(21)22)8-10-25(11-9-23)15-19-13-17-6-7-18(19)12-17/h2-5,17-19,22H,6-15H2,1H3,(H,24,26)/t17-,18-,19+,22+/m0/s1. The molecule has 3 heteroatoms. The van der Waals surface area contributed by atoms with E-state index in [-0.39, 0.29) is 17.4 Å². The zero-order valence-corrected chi connectivity index (χ0v) is 16.0. The molecule has 1 aliphatic heterocycles. The van der Waals surface area contributed by atoms with Gasteiger partial charge < -0.3 is 10.2 Å². The topological polar surface area (TPSA) is 32.3 Å². The summed E-state index contributed by atoms with van der Waals surface area (Å²) in [7, 11) is 0. The highest BCUT2D eigenvalue weighted by molar-refractivity contribution is 5.73. The highest BCUT2D eigenvalue weighted by Crippen LogP contribution is 2.52. The molecular formula is C23H32N2O. The van der Waals surface area contributed by atoms with E-state index in [2.05, 4.69) is 34.5 Å². The van der Waals surface area contributed by atoms with Crippen LogP contribution in [0.3, 0.4) is 0 Å². The molecule has 2 saturated carbocycles. The molecular weight excluding hydrogens is 320 g/mol. The lowest BCUT2D eigenvalue weighted by Gasteiger charge is -2.42. The van der Waals surface area contributed by atoms with Gasteiger partial charge in [0.25, 0.3) is 0 Å². The predicted octanol–water partition coefficient (Wildman–Crippen LogP) is 4.04. The molecule has 0 unspecified atom stereocenters. The summed E-state index contributed by atoms with van der Waals surface area (Å²) in [4.78, 5) is 14.4. The number of hydrogen-bond acceptors (Lipinski definition) is 2. The van der Waals surface area contributed by atoms with Crippen molar-refractivity contribution in [2.75, 3.05) is 19.6 Å². The molecule has 4 aliphatic rings. The fraction of sp³-hybridized carbons (Fsp3) is 0.696. The number of benzene rings is 1. The maximum atomic E-state index is 11.7. The van der Waals surface area contributed by atoms with Crippen LogP contribution >= 0.6 is 0 Å². The van der Waals surface area contributed by atoms with Crippen molar-refractivity contribution in [2.45, 2.75) is 63.3 Å². The van der Waals surface area contributed by atoms with Crippen LogP contribution in [0.25, 0.3) is 0 Å². The summed E-state index contributed by atoms with van der Waals surface area (Å²) >= 11 is 0. The third-order valence-electron chi connectivity index (χ3n) is 8.07. The second-order valence-electron chi connectivity index (χ2n) is 9.56. The lowest BCUT2D eigenvalue weighted by atomic mass is 9.73. The second-order valence-corrected chi connectivity index (χ2v) is 9.56. The van der Waals surface area contributed by atoms with Gasteiger partial charge in [0.05, 0.1) is 6.04 Å². The first kappa shape index (κ1) is 16.8. The molecule has 1 aromatic rings. The Morgan fingerprint density at radius 2 is 2.00 bits per heavy atom. The van der Waals surface area contributed by atoms with Crippen molar-refractivity contribution in [3.8, 4) is 0 Å². The van der Waals surface area contributed by atoms with Gasteiger partial charge in [-0.05, 0) is 80.5 Å². The van der Waals surface area contributed by atoms with E-state index in [1.54, 1.807) is 6.92 Å². The van der Waals surface area contributed by atoms with Crippen molar-refractivity contribution in [3.05, 3.63) is 35.4 Å². The van der Waals surface area contributed by atoms with E-state index in [0.717, 1.165) is 24.2 Å². The number of hydrogen-bond donors (Lipinski definition) is 1. The zero-order chi connectivity index (χ0) is 17.7. The molecule has 4 atom stereocenters. The Bertz CT molecular complexity index is 691. The van der Waals surface area contributed by atoms with E-state index in [9.17, 15) is 4.79 Å². The molecule has 26 heavy (non-hydrogen) atoms. The number of amides is 1. The summed E-state index contributed by atoms with van der Waals surface area (Å²) in [6.45, 7) is 5.45. The monoisotopic (exact) mass is 352 g/mol. The third-order valence-corrected chi connectivity index (χ3v) is 8.07. The van der Waals surface area contributed by atoms with Crippen molar-refractivity contribution in [2.24, 2.45) is 17.8 Å². The minimum absolute atomic E-state index is 0.0931. The Labute approximate surface area is 157 Å². The van der Waals surface area contributed by atoms with E-state index in [1.807, 2.05) is 0 Å². The minimum Gasteiger partial charge on any atom is -0.349 e. The summed E-state index contributed by atoms with van der Waals surface area (Å²) in [6, 6.07) is 9.06. The molecule has 3 aliphatic carbocycles. The molecule has 1 amide bonds. The van der Waals surface area contributed by atoms with Gasteiger partial charge in [0.15, 0.2) is 0 Å². The highest BCUT2D eigenvalue weighted by atomic mass is 16.1.